The largest absolute Gasteiger partial charge is 0.416 e. The Morgan fingerprint density at radius 1 is 1.05 bits per heavy atom. The van der Waals surface area contributed by atoms with Gasteiger partial charge in [0.25, 0.3) is 0 Å². The number of rotatable bonds is 1. The molecule has 0 bridgehead atoms. The number of aromatic nitrogens is 2. The third-order valence-electron chi connectivity index (χ3n) is 3.20. The molecule has 0 aliphatic heterocycles. The SMILES string of the molecule is Cc1nn2ccc(C(F)(F)F)cc2c1-c1ccccc1. The molecule has 1 aromatic carbocycles. The Hall–Kier alpha value is -2.30. The molecule has 0 saturated heterocycles. The average molecular weight is 276 g/mol. The van der Waals surface area contributed by atoms with Crippen molar-refractivity contribution in [2.45, 2.75) is 13.1 Å². The second-order valence-corrected chi connectivity index (χ2v) is 4.57. The van der Waals surface area contributed by atoms with Crippen molar-refractivity contribution in [1.82, 2.24) is 9.61 Å². The molecule has 3 rings (SSSR count). The Kier molecular flexibility index (Phi) is 2.78. The highest BCUT2D eigenvalue weighted by Gasteiger charge is 2.31. The first-order valence-corrected chi connectivity index (χ1v) is 6.08. The second kappa shape index (κ2) is 4.37. The summed E-state index contributed by atoms with van der Waals surface area (Å²) in [5, 5.41) is 4.26. The summed E-state index contributed by atoms with van der Waals surface area (Å²) in [4.78, 5) is 0. The Morgan fingerprint density at radius 2 is 1.75 bits per heavy atom. The first-order chi connectivity index (χ1) is 9.47. The number of aryl methyl sites for hydroxylation is 1. The Labute approximate surface area is 113 Å². The molecule has 20 heavy (non-hydrogen) atoms. The van der Waals surface area contributed by atoms with Gasteiger partial charge in [0.05, 0.1) is 16.8 Å². The van der Waals surface area contributed by atoms with Crippen LogP contribution in [0.2, 0.25) is 0 Å². The predicted molar refractivity (Wildman–Crippen MR) is 70.4 cm³/mol. The van der Waals surface area contributed by atoms with Gasteiger partial charge < -0.3 is 0 Å². The first kappa shape index (κ1) is 12.7. The van der Waals surface area contributed by atoms with Crippen molar-refractivity contribution in [2.24, 2.45) is 0 Å². The lowest BCUT2D eigenvalue weighted by Crippen LogP contribution is -2.05. The van der Waals surface area contributed by atoms with Gasteiger partial charge in [0, 0.05) is 11.8 Å². The van der Waals surface area contributed by atoms with Gasteiger partial charge in [-0.3, -0.25) is 0 Å². The summed E-state index contributed by atoms with van der Waals surface area (Å²) in [7, 11) is 0. The fourth-order valence-corrected chi connectivity index (χ4v) is 2.30. The van der Waals surface area contributed by atoms with Crippen LogP contribution in [-0.4, -0.2) is 9.61 Å². The summed E-state index contributed by atoms with van der Waals surface area (Å²) in [6, 6.07) is 11.5. The van der Waals surface area contributed by atoms with Gasteiger partial charge in [-0.1, -0.05) is 30.3 Å². The molecule has 102 valence electrons. The van der Waals surface area contributed by atoms with Gasteiger partial charge in [-0.2, -0.15) is 18.3 Å². The standard InChI is InChI=1S/C15H11F3N2/c1-10-14(11-5-3-2-4-6-11)13-9-12(15(16,17)18)7-8-20(13)19-10/h2-9H,1H3. The van der Waals surface area contributed by atoms with Gasteiger partial charge in [0.15, 0.2) is 0 Å². The van der Waals surface area contributed by atoms with Gasteiger partial charge in [0.1, 0.15) is 0 Å². The fraction of sp³-hybridized carbons (Fsp3) is 0.133. The number of pyridine rings is 1. The molecule has 2 nitrogen and oxygen atoms in total. The molecule has 0 atom stereocenters. The van der Waals surface area contributed by atoms with E-state index in [1.165, 1.54) is 10.7 Å². The summed E-state index contributed by atoms with van der Waals surface area (Å²) in [5.74, 6) is 0. The zero-order valence-corrected chi connectivity index (χ0v) is 10.6. The maximum absolute atomic E-state index is 12.8. The third kappa shape index (κ3) is 2.05. The predicted octanol–water partition coefficient (Wildman–Crippen LogP) is 4.33. The minimum Gasteiger partial charge on any atom is -0.240 e. The average Bonchev–Trinajstić information content (AvgIpc) is 2.73. The summed E-state index contributed by atoms with van der Waals surface area (Å²) < 4.78 is 40.0. The molecular formula is C15H11F3N2. The highest BCUT2D eigenvalue weighted by Crippen LogP contribution is 2.33. The van der Waals surface area contributed by atoms with Gasteiger partial charge in [0.2, 0.25) is 0 Å². The maximum Gasteiger partial charge on any atom is 0.416 e. The van der Waals surface area contributed by atoms with Crippen LogP contribution in [0.4, 0.5) is 13.2 Å². The molecule has 0 N–H and O–H groups in total. The van der Waals surface area contributed by atoms with E-state index in [1.807, 2.05) is 30.3 Å². The van der Waals surface area contributed by atoms with Crippen LogP contribution < -0.4 is 0 Å². The molecule has 0 unspecified atom stereocenters. The summed E-state index contributed by atoms with van der Waals surface area (Å²) in [6.45, 7) is 1.79. The quantitative estimate of drug-likeness (QED) is 0.646. The molecule has 0 aliphatic rings. The van der Waals surface area contributed by atoms with E-state index in [1.54, 1.807) is 6.92 Å². The van der Waals surface area contributed by atoms with Crippen LogP contribution in [0.15, 0.2) is 48.7 Å². The number of nitrogens with zero attached hydrogens (tertiary/aromatic N) is 2. The summed E-state index contributed by atoms with van der Waals surface area (Å²) >= 11 is 0. The molecule has 0 saturated carbocycles. The molecular weight excluding hydrogens is 265 g/mol. The van der Waals surface area contributed by atoms with E-state index in [2.05, 4.69) is 5.10 Å². The maximum atomic E-state index is 12.8. The smallest absolute Gasteiger partial charge is 0.240 e. The van der Waals surface area contributed by atoms with Gasteiger partial charge in [-0.15, -0.1) is 0 Å². The van der Waals surface area contributed by atoms with Gasteiger partial charge in [-0.25, -0.2) is 4.52 Å². The van der Waals surface area contributed by atoms with Crippen molar-refractivity contribution >= 4 is 5.52 Å². The minimum absolute atomic E-state index is 0.462. The van der Waals surface area contributed by atoms with Gasteiger partial charge in [-0.05, 0) is 24.6 Å². The second-order valence-electron chi connectivity index (χ2n) is 4.57. The molecule has 3 aromatic rings. The van der Waals surface area contributed by atoms with E-state index >= 15 is 0 Å². The monoisotopic (exact) mass is 276 g/mol. The van der Waals surface area contributed by atoms with Crippen LogP contribution >= 0.6 is 0 Å². The van der Waals surface area contributed by atoms with Crippen molar-refractivity contribution in [1.29, 1.82) is 0 Å². The minimum atomic E-state index is -4.35. The fourth-order valence-electron chi connectivity index (χ4n) is 2.30. The van der Waals surface area contributed by atoms with Gasteiger partial charge >= 0.3 is 6.18 Å². The van der Waals surface area contributed by atoms with Crippen LogP contribution in [-0.2, 0) is 6.18 Å². The van der Waals surface area contributed by atoms with Crippen LogP contribution in [0.1, 0.15) is 11.3 Å². The van der Waals surface area contributed by atoms with Crippen molar-refractivity contribution in [3.8, 4) is 11.1 Å². The lowest BCUT2D eigenvalue weighted by molar-refractivity contribution is -0.137. The molecule has 0 fully saturated rings. The van der Waals surface area contributed by atoms with E-state index in [0.29, 0.717) is 11.2 Å². The molecule has 0 spiro atoms. The highest BCUT2D eigenvalue weighted by atomic mass is 19.4. The molecule has 5 heteroatoms. The number of benzene rings is 1. The third-order valence-corrected chi connectivity index (χ3v) is 3.20. The number of hydrogen-bond donors (Lipinski definition) is 0. The lowest BCUT2D eigenvalue weighted by Gasteiger charge is -2.07. The molecule has 0 amide bonds. The normalized spacial score (nSPS) is 12.0. The van der Waals surface area contributed by atoms with E-state index in [-0.39, 0.29) is 0 Å². The van der Waals surface area contributed by atoms with Crippen molar-refractivity contribution in [3.63, 3.8) is 0 Å². The van der Waals surface area contributed by atoms with Crippen molar-refractivity contribution in [3.05, 3.63) is 59.9 Å². The Balaban J connectivity index is 2.29. The van der Waals surface area contributed by atoms with Crippen LogP contribution in [0.3, 0.4) is 0 Å². The van der Waals surface area contributed by atoms with Crippen LogP contribution in [0, 0.1) is 6.92 Å². The Morgan fingerprint density at radius 3 is 2.40 bits per heavy atom. The first-order valence-electron chi connectivity index (χ1n) is 6.08. The van der Waals surface area contributed by atoms with E-state index in [9.17, 15) is 13.2 Å². The van der Waals surface area contributed by atoms with E-state index in [0.717, 1.165) is 23.3 Å². The zero-order chi connectivity index (χ0) is 14.3. The van der Waals surface area contributed by atoms with Crippen molar-refractivity contribution < 1.29 is 13.2 Å². The number of hydrogen-bond acceptors (Lipinski definition) is 1. The summed E-state index contributed by atoms with van der Waals surface area (Å²) in [5.41, 5.74) is 2.09. The Bertz CT molecular complexity index is 758. The topological polar surface area (TPSA) is 17.3 Å². The van der Waals surface area contributed by atoms with Crippen molar-refractivity contribution in [2.75, 3.05) is 0 Å². The zero-order valence-electron chi connectivity index (χ0n) is 10.6. The highest BCUT2D eigenvalue weighted by molar-refractivity contribution is 5.82. The van der Waals surface area contributed by atoms with E-state index in [4.69, 9.17) is 0 Å². The molecule has 0 aliphatic carbocycles. The molecule has 2 aromatic heterocycles. The number of fused-ring (bicyclic) bond motifs is 1. The van der Waals surface area contributed by atoms with E-state index < -0.39 is 11.7 Å². The van der Waals surface area contributed by atoms with Crippen LogP contribution in [0.25, 0.3) is 16.6 Å². The number of alkyl halides is 3. The molecule has 0 radical (unpaired) electrons. The number of halogens is 3. The molecule has 2 heterocycles. The van der Waals surface area contributed by atoms with Crippen LogP contribution in [0.5, 0.6) is 0 Å². The lowest BCUT2D eigenvalue weighted by atomic mass is 10.0. The summed E-state index contributed by atoms with van der Waals surface area (Å²) in [6.07, 6.45) is -3.01.